The highest BCUT2D eigenvalue weighted by Crippen LogP contribution is 2.26. The maximum Gasteiger partial charge on any atom is 0.355 e. The molecule has 29 heavy (non-hydrogen) atoms. The van der Waals surface area contributed by atoms with Gasteiger partial charge >= 0.3 is 5.97 Å². The molecule has 0 unspecified atom stereocenters. The quantitative estimate of drug-likeness (QED) is 0.609. The summed E-state index contributed by atoms with van der Waals surface area (Å²) in [6.07, 6.45) is 1.45. The van der Waals surface area contributed by atoms with Crippen molar-refractivity contribution in [2.45, 2.75) is 6.92 Å². The maximum absolute atomic E-state index is 13.2. The number of aromatic carboxylic acids is 1. The molecular formula is C20H31FN6O2. The molecule has 0 saturated carbocycles. The van der Waals surface area contributed by atoms with Crippen molar-refractivity contribution in [2.24, 2.45) is 5.73 Å². The minimum Gasteiger partial charge on any atom is -0.476 e. The SMILES string of the molecule is CN(C)CCN.Cc1cc(F)ccc1-c1cnc(NCCN(C)C)nc1C(=O)O. The molecule has 4 N–H and O–H groups in total. The minimum absolute atomic E-state index is 0.109. The topological polar surface area (TPSA) is 108 Å². The zero-order chi connectivity index (χ0) is 22.0. The van der Waals surface area contributed by atoms with E-state index in [1.807, 2.05) is 33.1 Å². The van der Waals surface area contributed by atoms with Crippen LogP contribution < -0.4 is 11.1 Å². The van der Waals surface area contributed by atoms with Gasteiger partial charge in [0.1, 0.15) is 5.82 Å². The summed E-state index contributed by atoms with van der Waals surface area (Å²) in [6.45, 7) is 4.83. The van der Waals surface area contributed by atoms with E-state index in [0.717, 1.165) is 19.6 Å². The molecule has 0 saturated heterocycles. The van der Waals surface area contributed by atoms with Crippen molar-refractivity contribution >= 4 is 11.9 Å². The van der Waals surface area contributed by atoms with Crippen molar-refractivity contribution < 1.29 is 14.3 Å². The number of hydrogen-bond donors (Lipinski definition) is 3. The van der Waals surface area contributed by atoms with Gasteiger partial charge in [-0.2, -0.15) is 0 Å². The number of carbonyl (C=O) groups is 1. The van der Waals surface area contributed by atoms with Crippen LogP contribution in [0.4, 0.5) is 10.3 Å². The van der Waals surface area contributed by atoms with Crippen molar-refractivity contribution in [3.05, 3.63) is 41.5 Å². The molecule has 0 amide bonds. The maximum atomic E-state index is 13.2. The number of halogens is 1. The molecular weight excluding hydrogens is 375 g/mol. The number of aryl methyl sites for hydroxylation is 1. The van der Waals surface area contributed by atoms with Gasteiger partial charge in [0.25, 0.3) is 0 Å². The van der Waals surface area contributed by atoms with Gasteiger partial charge in [0.05, 0.1) is 0 Å². The van der Waals surface area contributed by atoms with Gasteiger partial charge in [-0.15, -0.1) is 0 Å². The lowest BCUT2D eigenvalue weighted by molar-refractivity contribution is 0.0691. The molecule has 0 radical (unpaired) electrons. The Balaban J connectivity index is 0.000000612. The fourth-order valence-corrected chi connectivity index (χ4v) is 2.41. The zero-order valence-electron chi connectivity index (χ0n) is 17.7. The van der Waals surface area contributed by atoms with E-state index in [-0.39, 0.29) is 17.5 Å². The Hall–Kier alpha value is -2.62. The molecule has 1 aromatic carbocycles. The molecule has 0 atom stereocenters. The molecule has 0 fully saturated rings. The molecule has 0 spiro atoms. The standard InChI is InChI=1S/C16H19FN4O2.C4H12N2/c1-10-8-11(17)4-5-12(10)13-9-19-16(18-6-7-21(2)3)20-14(13)15(22)23;1-6(2)4-3-5/h4-5,8-9H,6-7H2,1-3H3,(H,22,23)(H,18,19,20);3-5H2,1-2H3. The third-order valence-electron chi connectivity index (χ3n) is 3.89. The van der Waals surface area contributed by atoms with Gasteiger partial charge in [-0.1, -0.05) is 6.07 Å². The molecule has 1 aromatic heterocycles. The first kappa shape index (κ1) is 24.4. The number of anilines is 1. The van der Waals surface area contributed by atoms with Crippen molar-refractivity contribution in [3.63, 3.8) is 0 Å². The highest BCUT2D eigenvalue weighted by Gasteiger charge is 2.17. The largest absolute Gasteiger partial charge is 0.476 e. The third kappa shape index (κ3) is 8.51. The Morgan fingerprint density at radius 3 is 2.31 bits per heavy atom. The van der Waals surface area contributed by atoms with Crippen LogP contribution in [0.2, 0.25) is 0 Å². The summed E-state index contributed by atoms with van der Waals surface area (Å²) in [5.41, 5.74) is 6.68. The fraction of sp³-hybridized carbons (Fsp3) is 0.450. The number of rotatable bonds is 8. The number of carboxylic acids is 1. The Bertz CT molecular complexity index is 799. The predicted molar refractivity (Wildman–Crippen MR) is 114 cm³/mol. The lowest BCUT2D eigenvalue weighted by Crippen LogP contribution is -2.22. The van der Waals surface area contributed by atoms with Crippen molar-refractivity contribution in [3.8, 4) is 11.1 Å². The number of benzene rings is 1. The van der Waals surface area contributed by atoms with Crippen molar-refractivity contribution in [1.82, 2.24) is 19.8 Å². The predicted octanol–water partition coefficient (Wildman–Crippen LogP) is 1.77. The van der Waals surface area contributed by atoms with Crippen LogP contribution >= 0.6 is 0 Å². The average molecular weight is 407 g/mol. The van der Waals surface area contributed by atoms with E-state index in [0.29, 0.717) is 23.2 Å². The van der Waals surface area contributed by atoms with Crippen LogP contribution in [0.25, 0.3) is 11.1 Å². The van der Waals surface area contributed by atoms with E-state index in [9.17, 15) is 14.3 Å². The second-order valence-electron chi connectivity index (χ2n) is 7.04. The number of likely N-dealkylation sites (N-methyl/N-ethyl adjacent to an activating group) is 2. The second-order valence-corrected chi connectivity index (χ2v) is 7.04. The lowest BCUT2D eigenvalue weighted by Gasteiger charge is -2.12. The number of nitrogens with zero attached hydrogens (tertiary/aromatic N) is 4. The van der Waals surface area contributed by atoms with Gasteiger partial charge in [0, 0.05) is 37.9 Å². The number of nitrogens with two attached hydrogens (primary N) is 1. The highest BCUT2D eigenvalue weighted by molar-refractivity contribution is 5.94. The Kier molecular flexibility index (Phi) is 10.1. The summed E-state index contributed by atoms with van der Waals surface area (Å²) in [5.74, 6) is -1.26. The van der Waals surface area contributed by atoms with Crippen LogP contribution in [0.15, 0.2) is 24.4 Å². The van der Waals surface area contributed by atoms with Crippen LogP contribution in [-0.2, 0) is 0 Å². The molecule has 0 aliphatic rings. The molecule has 2 rings (SSSR count). The monoisotopic (exact) mass is 406 g/mol. The molecule has 8 nitrogen and oxygen atoms in total. The highest BCUT2D eigenvalue weighted by atomic mass is 19.1. The molecule has 2 aromatic rings. The molecule has 9 heteroatoms. The fourth-order valence-electron chi connectivity index (χ4n) is 2.41. The zero-order valence-corrected chi connectivity index (χ0v) is 17.7. The number of carboxylic acid groups (broad SMARTS) is 1. The van der Waals surface area contributed by atoms with Gasteiger partial charge in [-0.3, -0.25) is 0 Å². The first-order valence-electron chi connectivity index (χ1n) is 9.26. The number of aromatic nitrogens is 2. The van der Waals surface area contributed by atoms with Gasteiger partial charge in [0.2, 0.25) is 5.95 Å². The Morgan fingerprint density at radius 2 is 1.83 bits per heavy atom. The van der Waals surface area contributed by atoms with E-state index >= 15 is 0 Å². The van der Waals surface area contributed by atoms with Gasteiger partial charge in [-0.25, -0.2) is 19.2 Å². The molecule has 0 aliphatic carbocycles. The summed E-state index contributed by atoms with van der Waals surface area (Å²) in [7, 11) is 7.89. The Labute approximate surface area is 171 Å². The van der Waals surface area contributed by atoms with E-state index in [2.05, 4.69) is 20.2 Å². The van der Waals surface area contributed by atoms with E-state index < -0.39 is 5.97 Å². The van der Waals surface area contributed by atoms with Gasteiger partial charge < -0.3 is 26.0 Å². The van der Waals surface area contributed by atoms with Crippen LogP contribution in [0, 0.1) is 12.7 Å². The summed E-state index contributed by atoms with van der Waals surface area (Å²) >= 11 is 0. The molecule has 1 heterocycles. The minimum atomic E-state index is -1.15. The average Bonchev–Trinajstić information content (AvgIpc) is 2.62. The summed E-state index contributed by atoms with van der Waals surface area (Å²) in [5, 5.41) is 12.4. The normalized spacial score (nSPS) is 10.7. The molecule has 0 bridgehead atoms. The van der Waals surface area contributed by atoms with E-state index in [1.54, 1.807) is 6.92 Å². The van der Waals surface area contributed by atoms with Gasteiger partial charge in [-0.05, 0) is 58.4 Å². The van der Waals surface area contributed by atoms with Crippen LogP contribution in [-0.4, -0.2) is 85.2 Å². The van der Waals surface area contributed by atoms with E-state index in [4.69, 9.17) is 5.73 Å². The Morgan fingerprint density at radius 1 is 1.17 bits per heavy atom. The van der Waals surface area contributed by atoms with Crippen molar-refractivity contribution in [1.29, 1.82) is 0 Å². The van der Waals surface area contributed by atoms with Crippen LogP contribution in [0.3, 0.4) is 0 Å². The van der Waals surface area contributed by atoms with Crippen molar-refractivity contribution in [2.75, 3.05) is 59.7 Å². The summed E-state index contributed by atoms with van der Waals surface area (Å²) < 4.78 is 13.2. The second kappa shape index (κ2) is 12.1. The summed E-state index contributed by atoms with van der Waals surface area (Å²) in [4.78, 5) is 23.8. The molecule has 0 aliphatic heterocycles. The molecule has 160 valence electrons. The number of nitrogens with one attached hydrogen (secondary N) is 1. The van der Waals surface area contributed by atoms with Gasteiger partial charge in [0.15, 0.2) is 5.69 Å². The number of hydrogen-bond acceptors (Lipinski definition) is 7. The summed E-state index contributed by atoms with van der Waals surface area (Å²) in [6, 6.07) is 4.18. The first-order chi connectivity index (χ1) is 13.6. The van der Waals surface area contributed by atoms with E-state index in [1.165, 1.54) is 24.4 Å². The third-order valence-corrected chi connectivity index (χ3v) is 3.89. The smallest absolute Gasteiger partial charge is 0.355 e. The first-order valence-corrected chi connectivity index (χ1v) is 9.26. The van der Waals surface area contributed by atoms with Crippen LogP contribution in [0.5, 0.6) is 0 Å². The lowest BCUT2D eigenvalue weighted by atomic mass is 10.0. The van der Waals surface area contributed by atoms with Crippen LogP contribution in [0.1, 0.15) is 16.1 Å².